The molecule has 1 heterocycles. The minimum Gasteiger partial charge on any atom is -0.352 e. The van der Waals surface area contributed by atoms with Crippen LogP contribution in [0.2, 0.25) is 0 Å². The van der Waals surface area contributed by atoms with Crippen molar-refractivity contribution in [2.75, 3.05) is 6.54 Å². The van der Waals surface area contributed by atoms with Crippen molar-refractivity contribution in [3.05, 3.63) is 30.1 Å². The largest absolute Gasteiger partial charge is 0.352 e. The number of hydrogen-bond acceptors (Lipinski definition) is 3. The zero-order chi connectivity index (χ0) is 15.2. The SMILES string of the molecule is CC(C)NC(=O)CNC(=O)CCc1nc2ccccc2[nH]1. The van der Waals surface area contributed by atoms with Gasteiger partial charge in [0.15, 0.2) is 0 Å². The van der Waals surface area contributed by atoms with Gasteiger partial charge in [0.1, 0.15) is 5.82 Å². The Labute approximate surface area is 123 Å². The molecule has 0 aliphatic carbocycles. The number of H-pyrrole nitrogens is 1. The van der Waals surface area contributed by atoms with E-state index in [0.717, 1.165) is 16.9 Å². The lowest BCUT2D eigenvalue weighted by Gasteiger charge is -2.08. The number of rotatable bonds is 6. The van der Waals surface area contributed by atoms with Crippen LogP contribution >= 0.6 is 0 Å². The maximum Gasteiger partial charge on any atom is 0.239 e. The van der Waals surface area contributed by atoms with Gasteiger partial charge in [0.25, 0.3) is 0 Å². The molecule has 0 fully saturated rings. The minimum absolute atomic E-state index is 0.0111. The number of imidazole rings is 1. The molecule has 112 valence electrons. The van der Waals surface area contributed by atoms with Gasteiger partial charge in [0.2, 0.25) is 11.8 Å². The maximum atomic E-state index is 11.7. The molecule has 6 heteroatoms. The Hall–Kier alpha value is -2.37. The highest BCUT2D eigenvalue weighted by molar-refractivity contribution is 5.84. The van der Waals surface area contributed by atoms with Crippen LogP contribution in [0, 0.1) is 0 Å². The third-order valence-electron chi connectivity index (χ3n) is 2.92. The van der Waals surface area contributed by atoms with E-state index in [4.69, 9.17) is 0 Å². The minimum atomic E-state index is -0.179. The Morgan fingerprint density at radius 2 is 2.00 bits per heavy atom. The van der Waals surface area contributed by atoms with Gasteiger partial charge >= 0.3 is 0 Å². The summed E-state index contributed by atoms with van der Waals surface area (Å²) < 4.78 is 0. The van der Waals surface area contributed by atoms with Gasteiger partial charge in [-0.25, -0.2) is 4.98 Å². The highest BCUT2D eigenvalue weighted by atomic mass is 16.2. The number of para-hydroxylation sites is 2. The van der Waals surface area contributed by atoms with Gasteiger partial charge in [-0.05, 0) is 26.0 Å². The molecule has 6 nitrogen and oxygen atoms in total. The van der Waals surface area contributed by atoms with E-state index in [1.54, 1.807) is 0 Å². The number of benzene rings is 1. The monoisotopic (exact) mass is 288 g/mol. The predicted octanol–water partition coefficient (Wildman–Crippen LogP) is 1.14. The van der Waals surface area contributed by atoms with Crippen molar-refractivity contribution in [3.63, 3.8) is 0 Å². The Morgan fingerprint density at radius 1 is 1.24 bits per heavy atom. The highest BCUT2D eigenvalue weighted by Gasteiger charge is 2.08. The Bertz CT molecular complexity index is 600. The van der Waals surface area contributed by atoms with Crippen LogP contribution < -0.4 is 10.6 Å². The van der Waals surface area contributed by atoms with Crippen molar-refractivity contribution in [1.29, 1.82) is 0 Å². The zero-order valence-electron chi connectivity index (χ0n) is 12.3. The first-order valence-electron chi connectivity index (χ1n) is 7.04. The summed E-state index contributed by atoms with van der Waals surface area (Å²) in [5.41, 5.74) is 1.86. The number of nitrogens with zero attached hydrogens (tertiary/aromatic N) is 1. The van der Waals surface area contributed by atoms with Crippen LogP contribution in [0.4, 0.5) is 0 Å². The summed E-state index contributed by atoms with van der Waals surface area (Å²) in [4.78, 5) is 30.7. The van der Waals surface area contributed by atoms with E-state index in [-0.39, 0.29) is 24.4 Å². The first kappa shape index (κ1) is 15.0. The summed E-state index contributed by atoms with van der Waals surface area (Å²) in [6.07, 6.45) is 0.821. The molecule has 0 spiro atoms. The first-order chi connectivity index (χ1) is 10.0. The second-order valence-electron chi connectivity index (χ2n) is 5.20. The summed E-state index contributed by atoms with van der Waals surface area (Å²) >= 11 is 0. The van der Waals surface area contributed by atoms with E-state index in [9.17, 15) is 9.59 Å². The summed E-state index contributed by atoms with van der Waals surface area (Å²) in [5, 5.41) is 5.32. The summed E-state index contributed by atoms with van der Waals surface area (Å²) in [5.74, 6) is 0.439. The molecule has 0 aliphatic rings. The van der Waals surface area contributed by atoms with Crippen molar-refractivity contribution in [3.8, 4) is 0 Å². The molecular formula is C15H20N4O2. The standard InChI is InChI=1S/C15H20N4O2/c1-10(2)17-15(21)9-16-14(20)8-7-13-18-11-5-3-4-6-12(11)19-13/h3-6,10H,7-9H2,1-2H3,(H,16,20)(H,17,21)(H,18,19). The summed E-state index contributed by atoms with van der Waals surface area (Å²) in [6, 6.07) is 7.80. The lowest BCUT2D eigenvalue weighted by molar-refractivity contribution is -0.126. The average molecular weight is 288 g/mol. The van der Waals surface area contributed by atoms with E-state index in [2.05, 4.69) is 20.6 Å². The lowest BCUT2D eigenvalue weighted by atomic mass is 10.3. The molecule has 0 saturated heterocycles. The second kappa shape index (κ2) is 6.88. The van der Waals surface area contributed by atoms with E-state index in [1.165, 1.54) is 0 Å². The maximum absolute atomic E-state index is 11.7. The molecule has 0 aliphatic heterocycles. The predicted molar refractivity (Wildman–Crippen MR) is 80.7 cm³/mol. The molecule has 1 aromatic heterocycles. The number of hydrogen-bond donors (Lipinski definition) is 3. The number of aromatic amines is 1. The normalized spacial score (nSPS) is 10.8. The van der Waals surface area contributed by atoms with Crippen molar-refractivity contribution in [2.45, 2.75) is 32.7 Å². The third kappa shape index (κ3) is 4.59. The lowest BCUT2D eigenvalue weighted by Crippen LogP contribution is -2.39. The van der Waals surface area contributed by atoms with E-state index < -0.39 is 0 Å². The molecule has 0 bridgehead atoms. The van der Waals surface area contributed by atoms with Crippen molar-refractivity contribution < 1.29 is 9.59 Å². The Balaban J connectivity index is 1.77. The van der Waals surface area contributed by atoms with Gasteiger partial charge in [-0.2, -0.15) is 0 Å². The number of fused-ring (bicyclic) bond motifs is 1. The smallest absolute Gasteiger partial charge is 0.239 e. The number of carbonyl (C=O) groups excluding carboxylic acids is 2. The van der Waals surface area contributed by atoms with Gasteiger partial charge in [0.05, 0.1) is 17.6 Å². The summed E-state index contributed by atoms with van der Waals surface area (Å²) in [7, 11) is 0. The Kier molecular flexibility index (Phi) is 4.92. The quantitative estimate of drug-likeness (QED) is 0.745. The molecule has 0 saturated carbocycles. The first-order valence-corrected chi connectivity index (χ1v) is 7.04. The van der Waals surface area contributed by atoms with Crippen LogP contribution in [0.5, 0.6) is 0 Å². The number of amides is 2. The van der Waals surface area contributed by atoms with Crippen LogP contribution in [0.3, 0.4) is 0 Å². The number of nitrogens with one attached hydrogen (secondary N) is 3. The number of carbonyl (C=O) groups is 2. The van der Waals surface area contributed by atoms with Crippen LogP contribution in [0.1, 0.15) is 26.1 Å². The molecule has 0 unspecified atom stereocenters. The molecule has 2 aromatic rings. The van der Waals surface area contributed by atoms with Crippen molar-refractivity contribution in [1.82, 2.24) is 20.6 Å². The fourth-order valence-electron chi connectivity index (χ4n) is 2.00. The average Bonchev–Trinajstić information content (AvgIpc) is 2.85. The third-order valence-corrected chi connectivity index (χ3v) is 2.92. The fraction of sp³-hybridized carbons (Fsp3) is 0.400. The van der Waals surface area contributed by atoms with Gasteiger partial charge in [-0.15, -0.1) is 0 Å². The Morgan fingerprint density at radius 3 is 2.71 bits per heavy atom. The van der Waals surface area contributed by atoms with Crippen molar-refractivity contribution >= 4 is 22.8 Å². The molecule has 2 amide bonds. The van der Waals surface area contributed by atoms with Crippen LogP contribution in [0.15, 0.2) is 24.3 Å². The van der Waals surface area contributed by atoms with E-state index in [0.29, 0.717) is 12.8 Å². The molecule has 1 aromatic carbocycles. The molecule has 3 N–H and O–H groups in total. The molecular weight excluding hydrogens is 268 g/mol. The van der Waals surface area contributed by atoms with E-state index in [1.807, 2.05) is 38.1 Å². The zero-order valence-corrected chi connectivity index (χ0v) is 12.3. The molecule has 0 atom stereocenters. The summed E-state index contributed by atoms with van der Waals surface area (Å²) in [6.45, 7) is 3.76. The fourth-order valence-corrected chi connectivity index (χ4v) is 2.00. The molecule has 21 heavy (non-hydrogen) atoms. The van der Waals surface area contributed by atoms with Crippen LogP contribution in [-0.2, 0) is 16.0 Å². The van der Waals surface area contributed by atoms with Crippen LogP contribution in [-0.4, -0.2) is 34.4 Å². The number of aromatic nitrogens is 2. The van der Waals surface area contributed by atoms with E-state index >= 15 is 0 Å². The van der Waals surface area contributed by atoms with Gasteiger partial charge in [-0.3, -0.25) is 9.59 Å². The second-order valence-corrected chi connectivity index (χ2v) is 5.20. The van der Waals surface area contributed by atoms with Crippen molar-refractivity contribution in [2.24, 2.45) is 0 Å². The molecule has 0 radical (unpaired) electrons. The number of aryl methyl sites for hydroxylation is 1. The van der Waals surface area contributed by atoms with Gasteiger partial charge in [-0.1, -0.05) is 12.1 Å². The highest BCUT2D eigenvalue weighted by Crippen LogP contribution is 2.11. The van der Waals surface area contributed by atoms with Gasteiger partial charge < -0.3 is 15.6 Å². The van der Waals surface area contributed by atoms with Crippen LogP contribution in [0.25, 0.3) is 11.0 Å². The topological polar surface area (TPSA) is 86.9 Å². The van der Waals surface area contributed by atoms with Gasteiger partial charge in [0, 0.05) is 18.9 Å². The molecule has 2 rings (SSSR count).